The van der Waals surface area contributed by atoms with Gasteiger partial charge in [0.05, 0.1) is 24.4 Å². The van der Waals surface area contributed by atoms with Crippen LogP contribution in [0.25, 0.3) is 0 Å². The molecule has 1 rings (SSSR count). The summed E-state index contributed by atoms with van der Waals surface area (Å²) < 4.78 is 1.94. The number of carbonyl (C=O) groups excluding carboxylic acids is 1. The molecule has 108 valence electrons. The highest BCUT2D eigenvalue weighted by atomic mass is 16.3. The maximum atomic E-state index is 12.4. The summed E-state index contributed by atoms with van der Waals surface area (Å²) in [5.41, 5.74) is 1.55. The largest absolute Gasteiger partial charge is 0.395 e. The van der Waals surface area contributed by atoms with Crippen LogP contribution in [0.15, 0.2) is 6.20 Å². The molecular weight excluding hydrogens is 242 g/mol. The zero-order valence-electron chi connectivity index (χ0n) is 12.4. The second-order valence-corrected chi connectivity index (χ2v) is 4.67. The summed E-state index contributed by atoms with van der Waals surface area (Å²) in [5, 5.41) is 13.4. The van der Waals surface area contributed by atoms with Gasteiger partial charge in [0.15, 0.2) is 0 Å². The number of aliphatic hydroxyl groups is 1. The number of amides is 1. The molecule has 1 aromatic heterocycles. The fourth-order valence-electron chi connectivity index (χ4n) is 2.33. The molecular formula is C14H25N3O2. The van der Waals surface area contributed by atoms with Gasteiger partial charge in [-0.3, -0.25) is 9.48 Å². The molecule has 1 N–H and O–H groups in total. The lowest BCUT2D eigenvalue weighted by molar-refractivity contribution is 0.0731. The molecule has 5 nitrogen and oxygen atoms in total. The van der Waals surface area contributed by atoms with E-state index >= 15 is 0 Å². The van der Waals surface area contributed by atoms with E-state index in [-0.39, 0.29) is 12.5 Å². The molecule has 0 saturated carbocycles. The van der Waals surface area contributed by atoms with Crippen LogP contribution < -0.4 is 0 Å². The fourth-order valence-corrected chi connectivity index (χ4v) is 2.33. The Bertz CT molecular complexity index is 411. The van der Waals surface area contributed by atoms with Crippen molar-refractivity contribution in [3.8, 4) is 0 Å². The van der Waals surface area contributed by atoms with E-state index in [9.17, 15) is 4.79 Å². The Kier molecular flexibility index (Phi) is 6.02. The van der Waals surface area contributed by atoms with E-state index in [0.29, 0.717) is 24.7 Å². The summed E-state index contributed by atoms with van der Waals surface area (Å²) in [6.07, 6.45) is 3.65. The molecule has 19 heavy (non-hydrogen) atoms. The topological polar surface area (TPSA) is 58.4 Å². The smallest absolute Gasteiger partial charge is 0.257 e. The molecule has 0 aromatic carbocycles. The molecule has 0 aliphatic rings. The van der Waals surface area contributed by atoms with Crippen LogP contribution >= 0.6 is 0 Å². The van der Waals surface area contributed by atoms with Gasteiger partial charge in [-0.25, -0.2) is 0 Å². The Labute approximate surface area is 115 Å². The second kappa shape index (κ2) is 7.28. The van der Waals surface area contributed by atoms with Crippen molar-refractivity contribution < 1.29 is 9.90 Å². The van der Waals surface area contributed by atoms with E-state index in [1.165, 1.54) is 0 Å². The second-order valence-electron chi connectivity index (χ2n) is 4.67. The van der Waals surface area contributed by atoms with E-state index in [4.69, 9.17) is 5.11 Å². The first-order chi connectivity index (χ1) is 9.10. The van der Waals surface area contributed by atoms with Crippen molar-refractivity contribution in [3.63, 3.8) is 0 Å². The maximum Gasteiger partial charge on any atom is 0.257 e. The Morgan fingerprint density at radius 3 is 2.53 bits per heavy atom. The summed E-state index contributed by atoms with van der Waals surface area (Å²) >= 11 is 0. The first kappa shape index (κ1) is 15.7. The Balaban J connectivity index is 2.99. The summed E-state index contributed by atoms with van der Waals surface area (Å²) in [6.45, 7) is 9.04. The van der Waals surface area contributed by atoms with E-state index in [1.807, 2.05) is 18.5 Å². The van der Waals surface area contributed by atoms with Crippen molar-refractivity contribution in [1.29, 1.82) is 0 Å². The van der Waals surface area contributed by atoms with Gasteiger partial charge in [0.25, 0.3) is 5.91 Å². The zero-order valence-corrected chi connectivity index (χ0v) is 12.4. The molecule has 1 heterocycles. The lowest BCUT2D eigenvalue weighted by atomic mass is 10.1. The van der Waals surface area contributed by atoms with Crippen molar-refractivity contribution in [2.45, 2.75) is 46.6 Å². The summed E-state index contributed by atoms with van der Waals surface area (Å²) in [7, 11) is 0. The minimum Gasteiger partial charge on any atom is -0.395 e. The number of carbonyl (C=O) groups is 1. The third-order valence-electron chi connectivity index (χ3n) is 3.60. The van der Waals surface area contributed by atoms with E-state index < -0.39 is 0 Å². The lowest BCUT2D eigenvalue weighted by Crippen LogP contribution is -2.33. The van der Waals surface area contributed by atoms with Crippen molar-refractivity contribution in [3.05, 3.63) is 17.5 Å². The highest BCUT2D eigenvalue weighted by Gasteiger charge is 2.21. The molecule has 5 heteroatoms. The summed E-state index contributed by atoms with van der Waals surface area (Å²) in [5.74, 6) is -0.0498. The van der Waals surface area contributed by atoms with Crippen LogP contribution in [0.3, 0.4) is 0 Å². The first-order valence-corrected chi connectivity index (χ1v) is 7.04. The van der Waals surface area contributed by atoms with Crippen molar-refractivity contribution in [2.24, 2.45) is 0 Å². The minimum absolute atomic E-state index is 0.0146. The van der Waals surface area contributed by atoms with Crippen LogP contribution in [-0.4, -0.2) is 45.4 Å². The van der Waals surface area contributed by atoms with Gasteiger partial charge in [0.2, 0.25) is 0 Å². The summed E-state index contributed by atoms with van der Waals surface area (Å²) in [6, 6.07) is 0.342. The van der Waals surface area contributed by atoms with Gasteiger partial charge in [-0.05, 0) is 26.7 Å². The van der Waals surface area contributed by atoms with E-state index in [0.717, 1.165) is 18.5 Å². The fraction of sp³-hybridized carbons (Fsp3) is 0.714. The van der Waals surface area contributed by atoms with Crippen molar-refractivity contribution in [2.75, 3.05) is 19.7 Å². The number of aliphatic hydroxyl groups excluding tert-OH is 1. The predicted molar refractivity (Wildman–Crippen MR) is 75.2 cm³/mol. The predicted octanol–water partition coefficient (Wildman–Crippen LogP) is 2.01. The van der Waals surface area contributed by atoms with Gasteiger partial charge in [0, 0.05) is 18.8 Å². The van der Waals surface area contributed by atoms with E-state index in [2.05, 4.69) is 18.9 Å². The van der Waals surface area contributed by atoms with Crippen LogP contribution in [0.4, 0.5) is 0 Å². The Hall–Kier alpha value is -1.36. The quantitative estimate of drug-likeness (QED) is 0.822. The molecule has 0 fully saturated rings. The van der Waals surface area contributed by atoms with Gasteiger partial charge in [-0.2, -0.15) is 5.10 Å². The molecule has 0 radical (unpaired) electrons. The molecule has 1 amide bonds. The third-order valence-corrected chi connectivity index (χ3v) is 3.60. The molecule has 0 unspecified atom stereocenters. The molecule has 0 saturated heterocycles. The van der Waals surface area contributed by atoms with Crippen LogP contribution in [-0.2, 0) is 0 Å². The van der Waals surface area contributed by atoms with Gasteiger partial charge in [-0.15, -0.1) is 0 Å². The van der Waals surface area contributed by atoms with Crippen LogP contribution in [0.1, 0.15) is 55.7 Å². The number of rotatable bonds is 7. The molecule has 0 bridgehead atoms. The molecule has 0 aliphatic heterocycles. The number of aromatic nitrogens is 2. The van der Waals surface area contributed by atoms with Gasteiger partial charge >= 0.3 is 0 Å². The van der Waals surface area contributed by atoms with Crippen molar-refractivity contribution in [1.82, 2.24) is 14.7 Å². The normalized spacial score (nSPS) is 11.1. The third kappa shape index (κ3) is 3.35. The van der Waals surface area contributed by atoms with Gasteiger partial charge in [-0.1, -0.05) is 13.8 Å². The SMILES string of the molecule is CCC(CC)n1ncc(C(=O)N(CC)CCO)c1C. The number of hydrogen-bond donors (Lipinski definition) is 1. The lowest BCUT2D eigenvalue weighted by Gasteiger charge is -2.20. The number of hydrogen-bond acceptors (Lipinski definition) is 3. The molecule has 0 spiro atoms. The van der Waals surface area contributed by atoms with Crippen LogP contribution in [0.2, 0.25) is 0 Å². The molecule has 0 atom stereocenters. The zero-order chi connectivity index (χ0) is 14.4. The highest BCUT2D eigenvalue weighted by Crippen LogP contribution is 2.20. The monoisotopic (exact) mass is 267 g/mol. The van der Waals surface area contributed by atoms with Crippen molar-refractivity contribution >= 4 is 5.91 Å². The maximum absolute atomic E-state index is 12.4. The average Bonchev–Trinajstić information content (AvgIpc) is 2.79. The molecule has 0 aliphatic carbocycles. The Morgan fingerprint density at radius 2 is 2.05 bits per heavy atom. The molecule has 1 aromatic rings. The van der Waals surface area contributed by atoms with E-state index in [1.54, 1.807) is 11.1 Å². The van der Waals surface area contributed by atoms with Crippen LogP contribution in [0.5, 0.6) is 0 Å². The van der Waals surface area contributed by atoms with Gasteiger partial charge < -0.3 is 10.0 Å². The number of likely N-dealkylation sites (N-methyl/N-ethyl adjacent to an activating group) is 1. The Morgan fingerprint density at radius 1 is 1.42 bits per heavy atom. The number of nitrogens with zero attached hydrogens (tertiary/aromatic N) is 3. The highest BCUT2D eigenvalue weighted by molar-refractivity contribution is 5.95. The van der Waals surface area contributed by atoms with Gasteiger partial charge in [0.1, 0.15) is 0 Å². The minimum atomic E-state index is -0.0498. The standard InChI is InChI=1S/C14H25N3O2/c1-5-12(6-2)17-11(4)13(10-15-17)14(19)16(7-3)8-9-18/h10,12,18H,5-9H2,1-4H3. The first-order valence-electron chi connectivity index (χ1n) is 7.04. The summed E-state index contributed by atoms with van der Waals surface area (Å²) in [4.78, 5) is 14.0. The van der Waals surface area contributed by atoms with Crippen LogP contribution in [0, 0.1) is 6.92 Å². The average molecular weight is 267 g/mol.